The van der Waals surface area contributed by atoms with Crippen molar-refractivity contribution in [1.29, 1.82) is 0 Å². The lowest BCUT2D eigenvalue weighted by atomic mass is 10.1. The van der Waals surface area contributed by atoms with Crippen LogP contribution in [-0.2, 0) is 11.2 Å². The fourth-order valence-electron chi connectivity index (χ4n) is 1.77. The first-order valence-corrected chi connectivity index (χ1v) is 7.41. The quantitative estimate of drug-likeness (QED) is 0.732. The molecule has 3 N–H and O–H groups in total. The lowest BCUT2D eigenvalue weighted by Crippen LogP contribution is -2.39. The molecule has 0 aliphatic carbocycles. The van der Waals surface area contributed by atoms with E-state index in [1.165, 1.54) is 0 Å². The van der Waals surface area contributed by atoms with E-state index in [9.17, 15) is 9.59 Å². The van der Waals surface area contributed by atoms with Gasteiger partial charge in [-0.15, -0.1) is 0 Å². The minimum Gasteiger partial charge on any atom is -0.444 e. The first-order valence-electron chi connectivity index (χ1n) is 7.41. The second-order valence-corrected chi connectivity index (χ2v) is 5.82. The normalized spacial score (nSPS) is 10.7. The van der Waals surface area contributed by atoms with Gasteiger partial charge in [0.1, 0.15) is 5.60 Å². The van der Waals surface area contributed by atoms with Crippen molar-refractivity contribution in [2.45, 2.75) is 39.7 Å². The van der Waals surface area contributed by atoms with Gasteiger partial charge < -0.3 is 20.7 Å². The highest BCUT2D eigenvalue weighted by Gasteiger charge is 2.15. The minimum atomic E-state index is -0.529. The van der Waals surface area contributed by atoms with Crippen molar-refractivity contribution in [3.8, 4) is 0 Å². The fourth-order valence-corrected chi connectivity index (χ4v) is 1.77. The van der Waals surface area contributed by atoms with Crippen LogP contribution in [0.15, 0.2) is 24.3 Å². The molecule has 22 heavy (non-hydrogen) atoms. The molecule has 0 fully saturated rings. The summed E-state index contributed by atoms with van der Waals surface area (Å²) < 4.78 is 5.09. The summed E-state index contributed by atoms with van der Waals surface area (Å²) in [5, 5.41) is 8.05. The summed E-state index contributed by atoms with van der Waals surface area (Å²) in [6.07, 6.45) is 0.349. The van der Waals surface area contributed by atoms with Crippen molar-refractivity contribution in [2.75, 3.05) is 18.4 Å². The molecule has 0 aliphatic heterocycles. The summed E-state index contributed by atoms with van der Waals surface area (Å²) in [6, 6.07) is 7.34. The van der Waals surface area contributed by atoms with Gasteiger partial charge in [0.15, 0.2) is 0 Å². The van der Waals surface area contributed by atoms with Gasteiger partial charge >= 0.3 is 12.1 Å². The Morgan fingerprint density at radius 1 is 1.09 bits per heavy atom. The molecule has 1 aromatic carbocycles. The van der Waals surface area contributed by atoms with Crippen LogP contribution in [0.4, 0.5) is 15.3 Å². The topological polar surface area (TPSA) is 79.5 Å². The number of rotatable bonds is 5. The highest BCUT2D eigenvalue weighted by molar-refractivity contribution is 5.90. The number of carbonyl (C=O) groups excluding carboxylic acids is 2. The van der Waals surface area contributed by atoms with E-state index in [-0.39, 0.29) is 6.03 Å². The maximum Gasteiger partial charge on any atom is 0.407 e. The maximum absolute atomic E-state index is 11.8. The summed E-state index contributed by atoms with van der Waals surface area (Å²) in [7, 11) is 0. The zero-order chi connectivity index (χ0) is 16.6. The second kappa shape index (κ2) is 8.26. The SMILES string of the molecule is CCc1ccccc1NC(=O)NCCNC(=O)OC(C)(C)C. The Kier molecular flexibility index (Phi) is 6.69. The average Bonchev–Trinajstić information content (AvgIpc) is 2.42. The van der Waals surface area contributed by atoms with E-state index in [4.69, 9.17) is 4.74 Å². The number of hydrogen-bond donors (Lipinski definition) is 3. The van der Waals surface area contributed by atoms with Crippen molar-refractivity contribution in [1.82, 2.24) is 10.6 Å². The molecule has 0 radical (unpaired) electrons. The summed E-state index contributed by atoms with van der Waals surface area (Å²) in [5.41, 5.74) is 1.34. The summed E-state index contributed by atoms with van der Waals surface area (Å²) in [6.45, 7) is 8.04. The predicted octanol–water partition coefficient (Wildman–Crippen LogP) is 2.90. The van der Waals surface area contributed by atoms with Gasteiger partial charge in [-0.3, -0.25) is 0 Å². The van der Waals surface area contributed by atoms with E-state index in [0.29, 0.717) is 13.1 Å². The number of alkyl carbamates (subject to hydrolysis) is 1. The molecule has 0 aliphatic rings. The lowest BCUT2D eigenvalue weighted by molar-refractivity contribution is 0.0528. The zero-order valence-corrected chi connectivity index (χ0v) is 13.7. The van der Waals surface area contributed by atoms with Crippen LogP contribution >= 0.6 is 0 Å². The standard InChI is InChI=1S/C16H25N3O3/c1-5-12-8-6-7-9-13(12)19-14(20)17-10-11-18-15(21)22-16(2,3)4/h6-9H,5,10-11H2,1-4H3,(H,18,21)(H2,17,19,20). The molecule has 3 amide bonds. The van der Waals surface area contributed by atoms with Crippen LogP contribution in [0.5, 0.6) is 0 Å². The van der Waals surface area contributed by atoms with Gasteiger partial charge in [0.25, 0.3) is 0 Å². The molecule has 1 aromatic rings. The Balaban J connectivity index is 2.28. The Hall–Kier alpha value is -2.24. The number of benzene rings is 1. The third kappa shape index (κ3) is 6.97. The highest BCUT2D eigenvalue weighted by atomic mass is 16.6. The van der Waals surface area contributed by atoms with Gasteiger partial charge in [-0.05, 0) is 38.8 Å². The molecule has 0 saturated carbocycles. The highest BCUT2D eigenvalue weighted by Crippen LogP contribution is 2.14. The van der Waals surface area contributed by atoms with Crippen LogP contribution in [0.25, 0.3) is 0 Å². The van der Waals surface area contributed by atoms with E-state index in [1.807, 2.05) is 31.2 Å². The second-order valence-electron chi connectivity index (χ2n) is 5.82. The Morgan fingerprint density at radius 2 is 1.73 bits per heavy atom. The number of amides is 3. The monoisotopic (exact) mass is 307 g/mol. The van der Waals surface area contributed by atoms with Crippen molar-refractivity contribution in [3.63, 3.8) is 0 Å². The van der Waals surface area contributed by atoms with Crippen molar-refractivity contribution < 1.29 is 14.3 Å². The van der Waals surface area contributed by atoms with E-state index >= 15 is 0 Å². The fraction of sp³-hybridized carbons (Fsp3) is 0.500. The number of carbonyl (C=O) groups is 2. The van der Waals surface area contributed by atoms with Gasteiger partial charge in [0.05, 0.1) is 0 Å². The number of urea groups is 1. The summed E-state index contributed by atoms with van der Waals surface area (Å²) in [4.78, 5) is 23.2. The van der Waals surface area contributed by atoms with Gasteiger partial charge in [-0.25, -0.2) is 9.59 Å². The average molecular weight is 307 g/mol. The molecule has 1 rings (SSSR count). The van der Waals surface area contributed by atoms with E-state index < -0.39 is 11.7 Å². The number of ether oxygens (including phenoxy) is 1. The van der Waals surface area contributed by atoms with Crippen molar-refractivity contribution in [2.24, 2.45) is 0 Å². The molecule has 6 heteroatoms. The van der Waals surface area contributed by atoms with Gasteiger partial charge in [0, 0.05) is 18.8 Å². The first-order chi connectivity index (χ1) is 10.3. The molecule has 0 unspecified atom stereocenters. The molecular weight excluding hydrogens is 282 g/mol. The third-order valence-corrected chi connectivity index (χ3v) is 2.73. The first kappa shape index (κ1) is 17.8. The van der Waals surface area contributed by atoms with Gasteiger partial charge in [-0.2, -0.15) is 0 Å². The van der Waals surface area contributed by atoms with Crippen LogP contribution in [0.3, 0.4) is 0 Å². The maximum atomic E-state index is 11.8. The predicted molar refractivity (Wildman–Crippen MR) is 87.1 cm³/mol. The van der Waals surface area contributed by atoms with Crippen LogP contribution < -0.4 is 16.0 Å². The summed E-state index contributed by atoms with van der Waals surface area (Å²) in [5.74, 6) is 0. The summed E-state index contributed by atoms with van der Waals surface area (Å²) >= 11 is 0. The van der Waals surface area contributed by atoms with Crippen LogP contribution in [0, 0.1) is 0 Å². The molecule has 0 atom stereocenters. The van der Waals surface area contributed by atoms with E-state index in [2.05, 4.69) is 16.0 Å². The largest absolute Gasteiger partial charge is 0.444 e. The number of aryl methyl sites for hydroxylation is 1. The Morgan fingerprint density at radius 3 is 2.36 bits per heavy atom. The lowest BCUT2D eigenvalue weighted by Gasteiger charge is -2.19. The molecule has 6 nitrogen and oxygen atoms in total. The molecule has 122 valence electrons. The minimum absolute atomic E-state index is 0.299. The molecule has 0 spiro atoms. The van der Waals surface area contributed by atoms with Gasteiger partial charge in [0.2, 0.25) is 0 Å². The zero-order valence-electron chi connectivity index (χ0n) is 13.7. The Bertz CT molecular complexity index is 510. The third-order valence-electron chi connectivity index (χ3n) is 2.73. The molecular formula is C16H25N3O3. The van der Waals surface area contributed by atoms with Gasteiger partial charge in [-0.1, -0.05) is 25.1 Å². The van der Waals surface area contributed by atoms with Crippen molar-refractivity contribution >= 4 is 17.8 Å². The van der Waals surface area contributed by atoms with E-state index in [0.717, 1.165) is 17.7 Å². The Labute approximate surface area is 131 Å². The number of anilines is 1. The van der Waals surface area contributed by atoms with E-state index in [1.54, 1.807) is 20.8 Å². The smallest absolute Gasteiger partial charge is 0.407 e. The number of para-hydroxylation sites is 1. The molecule has 0 aromatic heterocycles. The van der Waals surface area contributed by atoms with Crippen LogP contribution in [0.2, 0.25) is 0 Å². The number of hydrogen-bond acceptors (Lipinski definition) is 3. The molecule has 0 bridgehead atoms. The van der Waals surface area contributed by atoms with Crippen LogP contribution in [0.1, 0.15) is 33.3 Å². The van der Waals surface area contributed by atoms with Crippen molar-refractivity contribution in [3.05, 3.63) is 29.8 Å². The number of nitrogens with one attached hydrogen (secondary N) is 3. The van der Waals surface area contributed by atoms with Crippen LogP contribution in [-0.4, -0.2) is 30.8 Å². The molecule has 0 heterocycles. The molecule has 0 saturated heterocycles.